The fraction of sp³-hybridized carbons (Fsp3) is 0.211. The van der Waals surface area contributed by atoms with Crippen molar-refractivity contribution in [2.75, 3.05) is 26.9 Å². The van der Waals surface area contributed by atoms with Crippen LogP contribution in [0.3, 0.4) is 0 Å². The number of hydrogen-bond acceptors (Lipinski definition) is 6. The number of nitrogens with one attached hydrogen (secondary N) is 3. The van der Waals surface area contributed by atoms with Crippen molar-refractivity contribution in [1.82, 2.24) is 16.2 Å². The van der Waals surface area contributed by atoms with Gasteiger partial charge in [0.25, 0.3) is 11.8 Å². The zero-order chi connectivity index (χ0) is 21.1. The third-order valence-corrected chi connectivity index (χ3v) is 3.86. The number of amides is 2. The van der Waals surface area contributed by atoms with Crippen LogP contribution in [0.25, 0.3) is 0 Å². The zero-order valence-electron chi connectivity index (χ0n) is 15.6. The van der Waals surface area contributed by atoms with Crippen molar-refractivity contribution >= 4 is 40.7 Å². The molecule has 0 radical (unpaired) electrons. The molecule has 0 aliphatic carbocycles. The zero-order valence-corrected chi connectivity index (χ0v) is 17.1. The minimum atomic E-state index is -0.486. The normalized spacial score (nSPS) is 10.0. The number of halogens is 1. The van der Waals surface area contributed by atoms with Crippen LogP contribution < -0.4 is 25.6 Å². The van der Waals surface area contributed by atoms with E-state index in [4.69, 9.17) is 38.0 Å². The van der Waals surface area contributed by atoms with E-state index in [1.807, 2.05) is 0 Å². The van der Waals surface area contributed by atoms with Gasteiger partial charge in [-0.1, -0.05) is 23.7 Å². The number of thiocarbonyl (C=S) groups is 1. The molecular formula is C19H20ClN3O5S. The van der Waals surface area contributed by atoms with E-state index in [-0.39, 0.29) is 11.7 Å². The van der Waals surface area contributed by atoms with Gasteiger partial charge in [-0.05, 0) is 48.6 Å². The maximum atomic E-state index is 12.4. The summed E-state index contributed by atoms with van der Waals surface area (Å²) < 4.78 is 15.7. The summed E-state index contributed by atoms with van der Waals surface area (Å²) in [4.78, 5) is 24.2. The van der Waals surface area contributed by atoms with Gasteiger partial charge in [0, 0.05) is 12.1 Å². The lowest BCUT2D eigenvalue weighted by Crippen LogP contribution is -2.49. The molecule has 3 N–H and O–H groups in total. The van der Waals surface area contributed by atoms with Crippen LogP contribution in [0, 0.1) is 0 Å². The molecular weight excluding hydrogens is 418 g/mol. The number of methoxy groups -OCH3 is 1. The van der Waals surface area contributed by atoms with E-state index >= 15 is 0 Å². The molecule has 0 bridgehead atoms. The molecule has 0 fully saturated rings. The molecule has 0 saturated carbocycles. The molecule has 2 aromatic carbocycles. The van der Waals surface area contributed by atoms with Gasteiger partial charge in [-0.25, -0.2) is 0 Å². The first-order valence-electron chi connectivity index (χ1n) is 8.49. The fourth-order valence-electron chi connectivity index (χ4n) is 2.06. The van der Waals surface area contributed by atoms with Gasteiger partial charge < -0.3 is 14.2 Å². The van der Waals surface area contributed by atoms with Crippen LogP contribution in [0.2, 0.25) is 5.02 Å². The predicted octanol–water partition coefficient (Wildman–Crippen LogP) is 2.08. The highest BCUT2D eigenvalue weighted by atomic mass is 35.5. The first-order valence-corrected chi connectivity index (χ1v) is 9.27. The predicted molar refractivity (Wildman–Crippen MR) is 112 cm³/mol. The van der Waals surface area contributed by atoms with Gasteiger partial charge in [0.1, 0.15) is 18.1 Å². The Balaban J connectivity index is 1.77. The van der Waals surface area contributed by atoms with Crippen molar-refractivity contribution in [3.63, 3.8) is 0 Å². The smallest absolute Gasteiger partial charge is 0.276 e. The second kappa shape index (κ2) is 11.8. The molecule has 2 aromatic rings. The average Bonchev–Trinajstić information content (AvgIpc) is 2.72. The fourth-order valence-corrected chi connectivity index (χ4v) is 2.33. The van der Waals surface area contributed by atoms with Gasteiger partial charge in [0.05, 0.1) is 12.2 Å². The molecule has 29 heavy (non-hydrogen) atoms. The topological polar surface area (TPSA) is 97.9 Å². The highest BCUT2D eigenvalue weighted by Crippen LogP contribution is 2.17. The van der Waals surface area contributed by atoms with E-state index in [2.05, 4.69) is 16.2 Å². The molecule has 0 atom stereocenters. The van der Waals surface area contributed by atoms with E-state index in [9.17, 15) is 9.59 Å². The van der Waals surface area contributed by atoms with E-state index < -0.39 is 11.8 Å². The van der Waals surface area contributed by atoms with Gasteiger partial charge in [0.2, 0.25) is 0 Å². The van der Waals surface area contributed by atoms with E-state index in [0.29, 0.717) is 35.3 Å². The highest BCUT2D eigenvalue weighted by molar-refractivity contribution is 7.80. The number of carbonyl (C=O) groups excluding carboxylic acids is 2. The first kappa shape index (κ1) is 22.4. The molecule has 0 aliphatic rings. The summed E-state index contributed by atoms with van der Waals surface area (Å²) in [7, 11) is 1.56. The molecule has 8 nitrogen and oxygen atoms in total. The average molecular weight is 438 g/mol. The summed E-state index contributed by atoms with van der Waals surface area (Å²) in [6, 6.07) is 13.3. The number of carbonyl (C=O) groups is 2. The molecule has 0 saturated heterocycles. The van der Waals surface area contributed by atoms with Gasteiger partial charge in [-0.3, -0.25) is 25.8 Å². The third-order valence-electron chi connectivity index (χ3n) is 3.40. The summed E-state index contributed by atoms with van der Waals surface area (Å²) in [5.74, 6) is -0.0854. The van der Waals surface area contributed by atoms with Crippen molar-refractivity contribution in [2.24, 2.45) is 0 Å². The van der Waals surface area contributed by atoms with Crippen LogP contribution in [-0.4, -0.2) is 43.9 Å². The van der Waals surface area contributed by atoms with Crippen molar-refractivity contribution in [3.8, 4) is 11.5 Å². The minimum absolute atomic E-state index is 0.0819. The summed E-state index contributed by atoms with van der Waals surface area (Å²) in [5, 5.41) is 2.95. The van der Waals surface area contributed by atoms with Gasteiger partial charge >= 0.3 is 0 Å². The number of benzene rings is 2. The number of para-hydroxylation sites is 1. The van der Waals surface area contributed by atoms with Gasteiger partial charge in [-0.15, -0.1) is 0 Å². The van der Waals surface area contributed by atoms with Crippen LogP contribution in [-0.2, 0) is 9.53 Å². The molecule has 0 heterocycles. The molecule has 0 aliphatic heterocycles. The van der Waals surface area contributed by atoms with E-state index in [0.717, 1.165) is 0 Å². The number of rotatable bonds is 8. The number of hydrazine groups is 1. The van der Waals surface area contributed by atoms with E-state index in [1.165, 1.54) is 0 Å². The molecule has 154 valence electrons. The van der Waals surface area contributed by atoms with Crippen molar-refractivity contribution in [1.29, 1.82) is 0 Å². The highest BCUT2D eigenvalue weighted by Gasteiger charge is 2.14. The lowest BCUT2D eigenvalue weighted by Gasteiger charge is -2.13. The van der Waals surface area contributed by atoms with Gasteiger partial charge in [0.15, 0.2) is 11.7 Å². The molecule has 2 rings (SSSR count). The van der Waals surface area contributed by atoms with Crippen LogP contribution >= 0.6 is 23.8 Å². The Kier molecular flexibility index (Phi) is 9.16. The molecule has 0 unspecified atom stereocenters. The lowest BCUT2D eigenvalue weighted by atomic mass is 10.2. The van der Waals surface area contributed by atoms with Crippen LogP contribution in [0.1, 0.15) is 10.4 Å². The van der Waals surface area contributed by atoms with Crippen molar-refractivity contribution < 1.29 is 23.8 Å². The van der Waals surface area contributed by atoms with Crippen LogP contribution in [0.15, 0.2) is 48.5 Å². The second-order valence-corrected chi connectivity index (χ2v) is 6.38. The first-order chi connectivity index (χ1) is 14.0. The quantitative estimate of drug-likeness (QED) is 0.330. The lowest BCUT2D eigenvalue weighted by molar-refractivity contribution is -0.123. The third kappa shape index (κ3) is 7.94. The monoisotopic (exact) mass is 437 g/mol. The maximum Gasteiger partial charge on any atom is 0.276 e. The van der Waals surface area contributed by atoms with Crippen molar-refractivity contribution in [2.45, 2.75) is 0 Å². The Hall–Kier alpha value is -2.88. The van der Waals surface area contributed by atoms with Crippen LogP contribution in [0.5, 0.6) is 11.5 Å². The standard InChI is InChI=1S/C19H20ClN3O5S/c1-26-10-11-27-16-5-3-2-4-15(16)18(25)21-19(29)23-22-17(24)12-28-14-8-6-13(20)7-9-14/h2-9H,10-12H2,1H3,(H,22,24)(H2,21,23,25,29). The Morgan fingerprint density at radius 3 is 2.45 bits per heavy atom. The number of ether oxygens (including phenoxy) is 3. The summed E-state index contributed by atoms with van der Waals surface area (Å²) in [6.07, 6.45) is 0. The molecule has 10 heteroatoms. The summed E-state index contributed by atoms with van der Waals surface area (Å²) >= 11 is 10.8. The summed E-state index contributed by atoms with van der Waals surface area (Å²) in [6.45, 7) is 0.439. The maximum absolute atomic E-state index is 12.4. The second-order valence-electron chi connectivity index (χ2n) is 5.54. The Morgan fingerprint density at radius 1 is 1.00 bits per heavy atom. The Morgan fingerprint density at radius 2 is 1.72 bits per heavy atom. The Bertz CT molecular complexity index is 848. The molecule has 0 spiro atoms. The largest absolute Gasteiger partial charge is 0.490 e. The van der Waals surface area contributed by atoms with Crippen LogP contribution in [0.4, 0.5) is 0 Å². The minimum Gasteiger partial charge on any atom is -0.490 e. The summed E-state index contributed by atoms with van der Waals surface area (Å²) in [5.41, 5.74) is 5.07. The SMILES string of the molecule is COCCOc1ccccc1C(=O)NC(=S)NNC(=O)COc1ccc(Cl)cc1. The van der Waals surface area contributed by atoms with Crippen molar-refractivity contribution in [3.05, 3.63) is 59.1 Å². The Labute approximate surface area is 178 Å². The van der Waals surface area contributed by atoms with E-state index in [1.54, 1.807) is 55.6 Å². The number of hydrogen-bond donors (Lipinski definition) is 3. The molecule has 0 aromatic heterocycles. The van der Waals surface area contributed by atoms with Gasteiger partial charge in [-0.2, -0.15) is 0 Å². The molecule has 2 amide bonds.